The Bertz CT molecular complexity index is 380. The number of rotatable bonds is 3. The van der Waals surface area contributed by atoms with Gasteiger partial charge in [-0.15, -0.1) is 0 Å². The molecule has 98 valence electrons. The lowest BCUT2D eigenvalue weighted by molar-refractivity contribution is -0.130. The molecular formula is C14H19NO3. The number of hydrogen-bond donors (Lipinski definition) is 0. The normalized spacial score (nSPS) is 20.5. The average molecular weight is 249 g/mol. The Morgan fingerprint density at radius 3 is 2.94 bits per heavy atom. The van der Waals surface area contributed by atoms with Gasteiger partial charge in [0.2, 0.25) is 5.91 Å². The maximum absolute atomic E-state index is 11.4. The summed E-state index contributed by atoms with van der Waals surface area (Å²) in [5.74, 6) is 0.0776. The van der Waals surface area contributed by atoms with Crippen LogP contribution in [0.5, 0.6) is 0 Å². The fourth-order valence-corrected chi connectivity index (χ4v) is 1.95. The highest BCUT2D eigenvalue weighted by Gasteiger charge is 2.20. The second kappa shape index (κ2) is 6.52. The quantitative estimate of drug-likeness (QED) is 0.814. The zero-order valence-corrected chi connectivity index (χ0v) is 10.7. The standard InChI is InChI=1S/C14H19NO3/c1-12(16)15-7-8-17-11-14(9-15)18-10-13-5-3-2-4-6-13/h2-6,14H,7-11H2,1H3. The van der Waals surface area contributed by atoms with Gasteiger partial charge in [-0.1, -0.05) is 30.3 Å². The number of benzene rings is 1. The highest BCUT2D eigenvalue weighted by Crippen LogP contribution is 2.08. The molecule has 18 heavy (non-hydrogen) atoms. The Morgan fingerprint density at radius 1 is 1.44 bits per heavy atom. The smallest absolute Gasteiger partial charge is 0.219 e. The number of carbonyl (C=O) groups excluding carboxylic acids is 1. The van der Waals surface area contributed by atoms with Crippen LogP contribution in [0.3, 0.4) is 0 Å². The molecule has 1 saturated heterocycles. The van der Waals surface area contributed by atoms with Crippen molar-refractivity contribution in [2.24, 2.45) is 0 Å². The predicted octanol–water partition coefficient (Wildman–Crippen LogP) is 1.45. The summed E-state index contributed by atoms with van der Waals surface area (Å²) in [7, 11) is 0. The SMILES string of the molecule is CC(=O)N1CCOCC(OCc2ccccc2)C1. The van der Waals surface area contributed by atoms with Gasteiger partial charge in [0.1, 0.15) is 0 Å². The van der Waals surface area contributed by atoms with Crippen LogP contribution in [0.2, 0.25) is 0 Å². The Balaban J connectivity index is 1.86. The second-order valence-corrected chi connectivity index (χ2v) is 4.46. The number of nitrogens with zero attached hydrogens (tertiary/aromatic N) is 1. The van der Waals surface area contributed by atoms with E-state index in [1.54, 1.807) is 11.8 Å². The van der Waals surface area contributed by atoms with Gasteiger partial charge in [0.25, 0.3) is 0 Å². The third-order valence-electron chi connectivity index (χ3n) is 3.01. The summed E-state index contributed by atoms with van der Waals surface area (Å²) in [5, 5.41) is 0. The molecule has 1 aliphatic rings. The first kappa shape index (κ1) is 13.1. The number of hydrogen-bond acceptors (Lipinski definition) is 3. The number of amides is 1. The van der Waals surface area contributed by atoms with Gasteiger partial charge in [-0.05, 0) is 5.56 Å². The van der Waals surface area contributed by atoms with Gasteiger partial charge in [0, 0.05) is 20.0 Å². The summed E-state index contributed by atoms with van der Waals surface area (Å²) >= 11 is 0. The van der Waals surface area contributed by atoms with Crippen molar-refractivity contribution < 1.29 is 14.3 Å². The van der Waals surface area contributed by atoms with E-state index in [-0.39, 0.29) is 12.0 Å². The maximum atomic E-state index is 11.4. The van der Waals surface area contributed by atoms with Gasteiger partial charge in [0.15, 0.2) is 0 Å². The van der Waals surface area contributed by atoms with Crippen LogP contribution in [0.25, 0.3) is 0 Å². The van der Waals surface area contributed by atoms with Crippen LogP contribution in [0, 0.1) is 0 Å². The summed E-state index contributed by atoms with van der Waals surface area (Å²) in [6.07, 6.45) is -0.0448. The summed E-state index contributed by atoms with van der Waals surface area (Å²) < 4.78 is 11.3. The van der Waals surface area contributed by atoms with Crippen molar-refractivity contribution in [1.29, 1.82) is 0 Å². The highest BCUT2D eigenvalue weighted by atomic mass is 16.5. The molecule has 0 N–H and O–H groups in total. The summed E-state index contributed by atoms with van der Waals surface area (Å²) in [6, 6.07) is 10.0. The lowest BCUT2D eigenvalue weighted by atomic mass is 10.2. The van der Waals surface area contributed by atoms with E-state index >= 15 is 0 Å². The van der Waals surface area contributed by atoms with Crippen molar-refractivity contribution >= 4 is 5.91 Å². The average Bonchev–Trinajstić information content (AvgIpc) is 2.63. The first-order chi connectivity index (χ1) is 8.75. The van der Waals surface area contributed by atoms with Crippen LogP contribution in [0.4, 0.5) is 0 Å². The van der Waals surface area contributed by atoms with E-state index in [1.807, 2.05) is 30.3 Å². The maximum Gasteiger partial charge on any atom is 0.219 e. The van der Waals surface area contributed by atoms with Gasteiger partial charge in [-0.2, -0.15) is 0 Å². The molecule has 2 rings (SSSR count). The molecule has 0 saturated carbocycles. The molecule has 4 nitrogen and oxygen atoms in total. The second-order valence-electron chi connectivity index (χ2n) is 4.46. The molecule has 0 bridgehead atoms. The van der Waals surface area contributed by atoms with Gasteiger partial charge in [0.05, 0.1) is 25.9 Å². The van der Waals surface area contributed by atoms with Crippen molar-refractivity contribution in [2.45, 2.75) is 19.6 Å². The lowest BCUT2D eigenvalue weighted by Crippen LogP contribution is -2.37. The molecule has 1 fully saturated rings. The predicted molar refractivity (Wildman–Crippen MR) is 68.1 cm³/mol. The molecular weight excluding hydrogens is 230 g/mol. The molecule has 1 unspecified atom stereocenters. The fourth-order valence-electron chi connectivity index (χ4n) is 1.95. The van der Waals surface area contributed by atoms with E-state index in [2.05, 4.69) is 0 Å². The molecule has 4 heteroatoms. The van der Waals surface area contributed by atoms with Crippen molar-refractivity contribution in [3.63, 3.8) is 0 Å². The van der Waals surface area contributed by atoms with E-state index < -0.39 is 0 Å². The summed E-state index contributed by atoms with van der Waals surface area (Å²) in [5.41, 5.74) is 1.14. The van der Waals surface area contributed by atoms with Gasteiger partial charge in [-0.3, -0.25) is 4.79 Å². The molecule has 1 atom stereocenters. The Hall–Kier alpha value is -1.39. The molecule has 0 spiro atoms. The van der Waals surface area contributed by atoms with Crippen molar-refractivity contribution in [2.75, 3.05) is 26.3 Å². The minimum absolute atomic E-state index is 0.0448. The van der Waals surface area contributed by atoms with Crippen molar-refractivity contribution in [3.8, 4) is 0 Å². The monoisotopic (exact) mass is 249 g/mol. The molecule has 1 heterocycles. The molecule has 0 radical (unpaired) electrons. The number of ether oxygens (including phenoxy) is 2. The largest absolute Gasteiger partial charge is 0.377 e. The van der Waals surface area contributed by atoms with Crippen LogP contribution in [-0.2, 0) is 20.9 Å². The topological polar surface area (TPSA) is 38.8 Å². The minimum Gasteiger partial charge on any atom is -0.377 e. The number of carbonyl (C=O) groups is 1. The van der Waals surface area contributed by atoms with Gasteiger partial charge >= 0.3 is 0 Å². The van der Waals surface area contributed by atoms with Crippen LogP contribution < -0.4 is 0 Å². The lowest BCUT2D eigenvalue weighted by Gasteiger charge is -2.22. The van der Waals surface area contributed by atoms with Gasteiger partial charge < -0.3 is 14.4 Å². The van der Waals surface area contributed by atoms with Crippen LogP contribution >= 0.6 is 0 Å². The molecule has 0 aliphatic carbocycles. The Labute approximate surface area is 107 Å². The summed E-state index contributed by atoms with van der Waals surface area (Å²) in [4.78, 5) is 13.2. The van der Waals surface area contributed by atoms with E-state index in [0.717, 1.165) is 5.56 Å². The van der Waals surface area contributed by atoms with Crippen molar-refractivity contribution in [1.82, 2.24) is 4.90 Å². The van der Waals surface area contributed by atoms with Crippen LogP contribution in [-0.4, -0.2) is 43.2 Å². The van der Waals surface area contributed by atoms with Crippen LogP contribution in [0.15, 0.2) is 30.3 Å². The van der Waals surface area contributed by atoms with E-state index in [9.17, 15) is 4.79 Å². The zero-order valence-electron chi connectivity index (χ0n) is 10.7. The molecule has 0 aromatic heterocycles. The first-order valence-corrected chi connectivity index (χ1v) is 6.24. The van der Waals surface area contributed by atoms with Gasteiger partial charge in [-0.25, -0.2) is 0 Å². The molecule has 1 aliphatic heterocycles. The fraction of sp³-hybridized carbons (Fsp3) is 0.500. The third-order valence-corrected chi connectivity index (χ3v) is 3.01. The highest BCUT2D eigenvalue weighted by molar-refractivity contribution is 5.73. The van der Waals surface area contributed by atoms with E-state index in [1.165, 1.54) is 0 Å². The molecule has 1 aromatic carbocycles. The Morgan fingerprint density at radius 2 is 2.22 bits per heavy atom. The third kappa shape index (κ3) is 3.82. The van der Waals surface area contributed by atoms with E-state index in [4.69, 9.17) is 9.47 Å². The van der Waals surface area contributed by atoms with Crippen LogP contribution in [0.1, 0.15) is 12.5 Å². The minimum atomic E-state index is -0.0448. The van der Waals surface area contributed by atoms with E-state index in [0.29, 0.717) is 32.9 Å². The zero-order chi connectivity index (χ0) is 12.8. The molecule has 1 aromatic rings. The Kier molecular flexibility index (Phi) is 4.73. The molecule has 1 amide bonds. The first-order valence-electron chi connectivity index (χ1n) is 6.24. The van der Waals surface area contributed by atoms with Crippen molar-refractivity contribution in [3.05, 3.63) is 35.9 Å². The summed E-state index contributed by atoms with van der Waals surface area (Å²) in [6.45, 7) is 4.55.